The SMILES string of the molecule is CCc1cc(-c2cn(C)c(=O)c(C)c2C)cc(OC)c1C(C)C. The van der Waals surface area contributed by atoms with Gasteiger partial charge in [-0.3, -0.25) is 4.79 Å². The molecule has 0 amide bonds. The fraction of sp³-hybridized carbons (Fsp3) is 0.450. The number of rotatable bonds is 4. The van der Waals surface area contributed by atoms with Crippen molar-refractivity contribution >= 4 is 0 Å². The van der Waals surface area contributed by atoms with Crippen LogP contribution < -0.4 is 10.3 Å². The molecule has 3 nitrogen and oxygen atoms in total. The minimum atomic E-state index is 0.0627. The molecule has 0 atom stereocenters. The Morgan fingerprint density at radius 1 is 1.17 bits per heavy atom. The van der Waals surface area contributed by atoms with Crippen molar-refractivity contribution in [1.29, 1.82) is 0 Å². The van der Waals surface area contributed by atoms with E-state index in [4.69, 9.17) is 4.74 Å². The molecule has 0 unspecified atom stereocenters. The average molecular weight is 313 g/mol. The zero-order valence-electron chi connectivity index (χ0n) is 15.3. The van der Waals surface area contributed by atoms with E-state index in [1.54, 1.807) is 18.7 Å². The lowest BCUT2D eigenvalue weighted by molar-refractivity contribution is 0.407. The zero-order valence-corrected chi connectivity index (χ0v) is 15.3. The van der Waals surface area contributed by atoms with Gasteiger partial charge in [0.1, 0.15) is 5.75 Å². The number of nitrogens with zero attached hydrogens (tertiary/aromatic N) is 1. The Morgan fingerprint density at radius 3 is 2.35 bits per heavy atom. The van der Waals surface area contributed by atoms with Gasteiger partial charge in [0.25, 0.3) is 5.56 Å². The third kappa shape index (κ3) is 3.05. The summed E-state index contributed by atoms with van der Waals surface area (Å²) in [5.74, 6) is 1.34. The van der Waals surface area contributed by atoms with E-state index in [9.17, 15) is 4.79 Å². The lowest BCUT2D eigenvalue weighted by atomic mass is 9.89. The van der Waals surface area contributed by atoms with E-state index in [0.29, 0.717) is 5.92 Å². The second-order valence-electron chi connectivity index (χ2n) is 6.47. The van der Waals surface area contributed by atoms with E-state index in [-0.39, 0.29) is 5.56 Å². The van der Waals surface area contributed by atoms with Gasteiger partial charge >= 0.3 is 0 Å². The van der Waals surface area contributed by atoms with Crippen molar-refractivity contribution in [2.45, 2.75) is 47.0 Å². The van der Waals surface area contributed by atoms with E-state index >= 15 is 0 Å². The quantitative estimate of drug-likeness (QED) is 0.839. The van der Waals surface area contributed by atoms with Crippen LogP contribution in [-0.4, -0.2) is 11.7 Å². The molecular formula is C20H27NO2. The van der Waals surface area contributed by atoms with Crippen molar-refractivity contribution in [3.63, 3.8) is 0 Å². The number of ether oxygens (including phenoxy) is 1. The maximum Gasteiger partial charge on any atom is 0.253 e. The summed E-state index contributed by atoms with van der Waals surface area (Å²) in [5, 5.41) is 0. The summed E-state index contributed by atoms with van der Waals surface area (Å²) < 4.78 is 7.33. The smallest absolute Gasteiger partial charge is 0.253 e. The maximum atomic E-state index is 12.1. The van der Waals surface area contributed by atoms with Crippen LogP contribution in [0.2, 0.25) is 0 Å². The molecule has 2 rings (SSSR count). The third-order valence-corrected chi connectivity index (χ3v) is 4.65. The molecular weight excluding hydrogens is 286 g/mol. The van der Waals surface area contributed by atoms with Gasteiger partial charge in [-0.1, -0.05) is 26.8 Å². The fourth-order valence-electron chi connectivity index (χ4n) is 3.22. The fourth-order valence-corrected chi connectivity index (χ4v) is 3.22. The molecule has 0 spiro atoms. The first-order valence-corrected chi connectivity index (χ1v) is 8.19. The number of hydrogen-bond acceptors (Lipinski definition) is 2. The summed E-state index contributed by atoms with van der Waals surface area (Å²) in [6, 6.07) is 4.34. The minimum absolute atomic E-state index is 0.0627. The Morgan fingerprint density at radius 2 is 1.83 bits per heavy atom. The van der Waals surface area contributed by atoms with Gasteiger partial charge in [0.15, 0.2) is 0 Å². The van der Waals surface area contributed by atoms with Crippen LogP contribution in [0, 0.1) is 13.8 Å². The Bertz CT molecular complexity index is 760. The van der Waals surface area contributed by atoms with E-state index in [2.05, 4.69) is 32.9 Å². The highest BCUT2D eigenvalue weighted by Gasteiger charge is 2.16. The second kappa shape index (κ2) is 6.61. The van der Waals surface area contributed by atoms with Crippen molar-refractivity contribution in [3.8, 4) is 16.9 Å². The molecule has 23 heavy (non-hydrogen) atoms. The Balaban J connectivity index is 2.78. The van der Waals surface area contributed by atoms with E-state index in [0.717, 1.165) is 34.4 Å². The normalized spacial score (nSPS) is 11.1. The predicted molar refractivity (Wildman–Crippen MR) is 96.6 cm³/mol. The van der Waals surface area contributed by atoms with Crippen LogP contribution >= 0.6 is 0 Å². The summed E-state index contributed by atoms with van der Waals surface area (Å²) in [6.07, 6.45) is 2.88. The third-order valence-electron chi connectivity index (χ3n) is 4.65. The largest absolute Gasteiger partial charge is 0.496 e. The second-order valence-corrected chi connectivity index (χ2v) is 6.47. The molecule has 0 saturated heterocycles. The van der Waals surface area contributed by atoms with E-state index in [1.807, 2.05) is 20.0 Å². The van der Waals surface area contributed by atoms with Crippen molar-refractivity contribution in [2.24, 2.45) is 7.05 Å². The van der Waals surface area contributed by atoms with Gasteiger partial charge in [0, 0.05) is 24.4 Å². The Hall–Kier alpha value is -2.03. The molecule has 124 valence electrons. The maximum absolute atomic E-state index is 12.1. The van der Waals surface area contributed by atoms with Crippen LogP contribution in [0.15, 0.2) is 23.1 Å². The first-order valence-electron chi connectivity index (χ1n) is 8.19. The summed E-state index contributed by atoms with van der Waals surface area (Å²) in [4.78, 5) is 12.1. The highest BCUT2D eigenvalue weighted by molar-refractivity contribution is 5.71. The van der Waals surface area contributed by atoms with Crippen LogP contribution in [0.3, 0.4) is 0 Å². The molecule has 0 saturated carbocycles. The number of hydrogen-bond donors (Lipinski definition) is 0. The predicted octanol–water partition coefficient (Wildman–Crippen LogP) is 4.36. The Kier molecular flexibility index (Phi) is 4.98. The van der Waals surface area contributed by atoms with Gasteiger partial charge in [0.05, 0.1) is 7.11 Å². The summed E-state index contributed by atoms with van der Waals surface area (Å²) in [7, 11) is 3.53. The number of aromatic nitrogens is 1. The monoisotopic (exact) mass is 313 g/mol. The summed E-state index contributed by atoms with van der Waals surface area (Å²) in [6.45, 7) is 10.5. The molecule has 1 heterocycles. The van der Waals surface area contributed by atoms with Crippen LogP contribution in [0.1, 0.15) is 48.9 Å². The van der Waals surface area contributed by atoms with Gasteiger partial charge in [-0.2, -0.15) is 0 Å². The van der Waals surface area contributed by atoms with Gasteiger partial charge < -0.3 is 9.30 Å². The molecule has 0 radical (unpaired) electrons. The summed E-state index contributed by atoms with van der Waals surface area (Å²) >= 11 is 0. The lowest BCUT2D eigenvalue weighted by Crippen LogP contribution is -2.20. The van der Waals surface area contributed by atoms with Gasteiger partial charge in [0.2, 0.25) is 0 Å². The molecule has 0 aliphatic carbocycles. The minimum Gasteiger partial charge on any atom is -0.496 e. The number of methoxy groups -OCH3 is 1. The number of benzene rings is 1. The van der Waals surface area contributed by atoms with Crippen molar-refractivity contribution in [1.82, 2.24) is 4.57 Å². The first-order chi connectivity index (χ1) is 10.8. The lowest BCUT2D eigenvalue weighted by Gasteiger charge is -2.19. The van der Waals surface area contributed by atoms with E-state index < -0.39 is 0 Å². The van der Waals surface area contributed by atoms with Gasteiger partial charge in [-0.15, -0.1) is 0 Å². The molecule has 0 fully saturated rings. The molecule has 0 aliphatic rings. The number of aryl methyl sites for hydroxylation is 2. The molecule has 2 aromatic rings. The molecule has 0 aliphatic heterocycles. The molecule has 0 bridgehead atoms. The van der Waals surface area contributed by atoms with Crippen LogP contribution in [-0.2, 0) is 13.5 Å². The van der Waals surface area contributed by atoms with Gasteiger partial charge in [-0.05, 0) is 54.5 Å². The Labute approximate surface area is 138 Å². The van der Waals surface area contributed by atoms with Crippen LogP contribution in [0.5, 0.6) is 5.75 Å². The molecule has 3 heteroatoms. The first kappa shape index (κ1) is 17.3. The topological polar surface area (TPSA) is 31.2 Å². The van der Waals surface area contributed by atoms with Crippen LogP contribution in [0.4, 0.5) is 0 Å². The summed E-state index contributed by atoms with van der Waals surface area (Å²) in [5.41, 5.74) is 6.68. The zero-order chi connectivity index (χ0) is 17.3. The van der Waals surface area contributed by atoms with Crippen molar-refractivity contribution in [2.75, 3.05) is 7.11 Å². The number of pyridine rings is 1. The highest BCUT2D eigenvalue weighted by Crippen LogP contribution is 2.36. The molecule has 1 aromatic heterocycles. The molecule has 1 aromatic carbocycles. The standard InChI is InChI=1S/C20H27NO2/c1-8-15-9-16(10-18(23-7)19(15)12(2)3)17-11-21(6)20(22)14(5)13(17)4/h9-12H,8H2,1-7H3. The van der Waals surface area contributed by atoms with Crippen LogP contribution in [0.25, 0.3) is 11.1 Å². The van der Waals surface area contributed by atoms with E-state index in [1.165, 1.54) is 11.1 Å². The average Bonchev–Trinajstić information content (AvgIpc) is 2.54. The van der Waals surface area contributed by atoms with Gasteiger partial charge in [-0.25, -0.2) is 0 Å². The van der Waals surface area contributed by atoms with Crippen molar-refractivity contribution in [3.05, 3.63) is 50.9 Å². The molecule has 0 N–H and O–H groups in total. The van der Waals surface area contributed by atoms with Crippen molar-refractivity contribution < 1.29 is 4.74 Å². The highest BCUT2D eigenvalue weighted by atomic mass is 16.5.